The maximum atomic E-state index is 12.9. The molecule has 8 heteroatoms. The van der Waals surface area contributed by atoms with Gasteiger partial charge in [-0.3, -0.25) is 0 Å². The number of halogens is 3. The first-order valence-electron chi connectivity index (χ1n) is 10.2. The van der Waals surface area contributed by atoms with E-state index < -0.39 is 24.0 Å². The van der Waals surface area contributed by atoms with Gasteiger partial charge in [0, 0.05) is 10.6 Å². The van der Waals surface area contributed by atoms with E-state index in [1.54, 1.807) is 25.6 Å². The molecule has 0 N–H and O–H groups in total. The molecular formula is C23H29F3O4S. The first-order chi connectivity index (χ1) is 14.6. The molecule has 0 spiro atoms. The van der Waals surface area contributed by atoms with Crippen LogP contribution in [0.3, 0.4) is 0 Å². The molecule has 0 radical (unpaired) electrons. The molecule has 3 unspecified atom stereocenters. The number of benzene rings is 1. The molecule has 1 aliphatic carbocycles. The van der Waals surface area contributed by atoms with Gasteiger partial charge in [0.25, 0.3) is 0 Å². The van der Waals surface area contributed by atoms with Crippen molar-refractivity contribution in [3.8, 4) is 5.75 Å². The Kier molecular flexibility index (Phi) is 9.34. The highest BCUT2D eigenvalue weighted by Crippen LogP contribution is 2.37. The van der Waals surface area contributed by atoms with Crippen LogP contribution in [0.5, 0.6) is 5.75 Å². The van der Waals surface area contributed by atoms with Gasteiger partial charge in [-0.25, -0.2) is 4.79 Å². The van der Waals surface area contributed by atoms with Crippen molar-refractivity contribution >= 4 is 17.7 Å². The van der Waals surface area contributed by atoms with E-state index in [9.17, 15) is 18.0 Å². The summed E-state index contributed by atoms with van der Waals surface area (Å²) in [4.78, 5) is 12.5. The lowest BCUT2D eigenvalue weighted by molar-refractivity contribution is -0.169. The summed E-state index contributed by atoms with van der Waals surface area (Å²) in [5.74, 6) is -0.381. The third-order valence-electron chi connectivity index (χ3n) is 4.71. The first kappa shape index (κ1) is 25.2. The summed E-state index contributed by atoms with van der Waals surface area (Å²) in [7, 11) is 0. The highest BCUT2D eigenvalue weighted by molar-refractivity contribution is 7.99. The zero-order valence-electron chi connectivity index (χ0n) is 18.2. The van der Waals surface area contributed by atoms with E-state index in [1.807, 2.05) is 32.0 Å². The highest BCUT2D eigenvalue weighted by atomic mass is 32.2. The van der Waals surface area contributed by atoms with E-state index in [0.717, 1.165) is 16.2 Å². The third-order valence-corrected chi connectivity index (χ3v) is 6.03. The van der Waals surface area contributed by atoms with Crippen molar-refractivity contribution in [2.45, 2.75) is 38.8 Å². The fourth-order valence-electron chi connectivity index (χ4n) is 3.03. The van der Waals surface area contributed by atoms with Gasteiger partial charge in [-0.05, 0) is 61.6 Å². The Morgan fingerprint density at radius 1 is 1.26 bits per heavy atom. The van der Waals surface area contributed by atoms with Gasteiger partial charge in [0.15, 0.2) is 6.61 Å². The molecule has 0 saturated heterocycles. The average Bonchev–Trinajstić information content (AvgIpc) is 2.69. The second-order valence-electron chi connectivity index (χ2n) is 7.60. The zero-order valence-corrected chi connectivity index (χ0v) is 19.0. The number of ether oxygens (including phenoxy) is 3. The second kappa shape index (κ2) is 11.5. The van der Waals surface area contributed by atoms with Crippen LogP contribution in [0.1, 0.15) is 26.3 Å². The quantitative estimate of drug-likeness (QED) is 0.320. The number of rotatable bonds is 10. The highest BCUT2D eigenvalue weighted by Gasteiger charge is 2.41. The van der Waals surface area contributed by atoms with Gasteiger partial charge in [0.05, 0.1) is 19.1 Å². The summed E-state index contributed by atoms with van der Waals surface area (Å²) in [5.41, 5.74) is 0.920. The molecule has 2 rings (SSSR count). The van der Waals surface area contributed by atoms with Crippen molar-refractivity contribution in [3.05, 3.63) is 47.7 Å². The van der Waals surface area contributed by atoms with E-state index >= 15 is 0 Å². The molecule has 0 aromatic heterocycles. The van der Waals surface area contributed by atoms with Crippen molar-refractivity contribution in [3.63, 3.8) is 0 Å². The number of hydrogen-bond acceptors (Lipinski definition) is 5. The summed E-state index contributed by atoms with van der Waals surface area (Å²) in [6.45, 7) is 7.86. The van der Waals surface area contributed by atoms with Crippen molar-refractivity contribution in [1.82, 2.24) is 0 Å². The van der Waals surface area contributed by atoms with Crippen molar-refractivity contribution < 1.29 is 32.2 Å². The number of allylic oxidation sites excluding steroid dienone is 3. The van der Waals surface area contributed by atoms with Crippen LogP contribution in [0.4, 0.5) is 13.2 Å². The number of carbonyl (C=O) groups excluding carboxylic acids is 1. The summed E-state index contributed by atoms with van der Waals surface area (Å²) >= 11 is 1.66. The minimum absolute atomic E-state index is 0.123. The Hall–Kier alpha value is -2.09. The molecule has 0 amide bonds. The molecule has 0 aliphatic heterocycles. The van der Waals surface area contributed by atoms with Gasteiger partial charge in [-0.15, -0.1) is 11.8 Å². The summed E-state index contributed by atoms with van der Waals surface area (Å²) in [6.07, 6.45) is -0.111. The Labute approximate surface area is 185 Å². The molecular weight excluding hydrogens is 429 g/mol. The maximum absolute atomic E-state index is 12.9. The lowest BCUT2D eigenvalue weighted by Gasteiger charge is -2.25. The normalized spacial score (nSPS) is 19.5. The maximum Gasteiger partial charge on any atom is 0.395 e. The van der Waals surface area contributed by atoms with E-state index in [4.69, 9.17) is 14.2 Å². The third kappa shape index (κ3) is 8.16. The van der Waals surface area contributed by atoms with Crippen LogP contribution in [0, 0.1) is 24.7 Å². The fraction of sp³-hybridized carbons (Fsp3) is 0.522. The van der Waals surface area contributed by atoms with Gasteiger partial charge in [-0.1, -0.05) is 19.9 Å². The molecule has 0 heterocycles. The SMILES string of the molecule is CCOC(=O)COc1ccc(SCC(C)COC2=CC(C)C(C(F)(F)F)C=C2)cc1C. The molecule has 1 aliphatic rings. The number of carbonyl (C=O) groups is 1. The van der Waals surface area contributed by atoms with Crippen molar-refractivity contribution in [1.29, 1.82) is 0 Å². The van der Waals surface area contributed by atoms with Crippen LogP contribution in [0.25, 0.3) is 0 Å². The molecule has 0 fully saturated rings. The van der Waals surface area contributed by atoms with Crippen LogP contribution in [-0.4, -0.2) is 37.7 Å². The lowest BCUT2D eigenvalue weighted by atomic mass is 9.89. The van der Waals surface area contributed by atoms with Crippen LogP contribution < -0.4 is 4.74 Å². The van der Waals surface area contributed by atoms with E-state index in [-0.39, 0.29) is 12.5 Å². The second-order valence-corrected chi connectivity index (χ2v) is 8.70. The predicted octanol–water partition coefficient (Wildman–Crippen LogP) is 5.95. The van der Waals surface area contributed by atoms with Crippen LogP contribution in [0.2, 0.25) is 0 Å². The standard InChI is InChI=1S/C23H29F3O4S/c1-5-28-22(27)13-30-21-9-7-19(11-17(21)4)31-14-15(2)12-29-18-6-8-20(16(3)10-18)23(24,25)26/h6-11,15-16,20H,5,12-14H2,1-4H3. The van der Waals surface area contributed by atoms with Crippen molar-refractivity contribution in [2.24, 2.45) is 17.8 Å². The van der Waals surface area contributed by atoms with Gasteiger partial charge in [0.2, 0.25) is 0 Å². The molecule has 172 valence electrons. The van der Waals surface area contributed by atoms with Gasteiger partial charge in [-0.2, -0.15) is 13.2 Å². The first-order valence-corrected chi connectivity index (χ1v) is 11.2. The summed E-state index contributed by atoms with van der Waals surface area (Å²) in [6, 6.07) is 5.75. The number of esters is 1. The van der Waals surface area contributed by atoms with Crippen molar-refractivity contribution in [2.75, 3.05) is 25.6 Å². The monoisotopic (exact) mass is 458 g/mol. The summed E-state index contributed by atoms with van der Waals surface area (Å²) in [5, 5.41) is 0. The fourth-order valence-corrected chi connectivity index (χ4v) is 4.03. The Bertz CT molecular complexity index is 805. The number of alkyl halides is 3. The molecule has 1 aromatic carbocycles. The van der Waals surface area contributed by atoms with Gasteiger partial charge in [0.1, 0.15) is 11.5 Å². The van der Waals surface area contributed by atoms with Crippen LogP contribution in [-0.2, 0) is 14.3 Å². The molecule has 0 bridgehead atoms. The molecule has 4 nitrogen and oxygen atoms in total. The van der Waals surface area contributed by atoms with Crippen LogP contribution in [0.15, 0.2) is 47.1 Å². The van der Waals surface area contributed by atoms with Gasteiger partial charge < -0.3 is 14.2 Å². The Balaban J connectivity index is 1.77. The predicted molar refractivity (Wildman–Crippen MR) is 115 cm³/mol. The van der Waals surface area contributed by atoms with Gasteiger partial charge >= 0.3 is 12.1 Å². The molecule has 3 atom stereocenters. The molecule has 31 heavy (non-hydrogen) atoms. The zero-order chi connectivity index (χ0) is 23.0. The number of hydrogen-bond donors (Lipinski definition) is 0. The Morgan fingerprint density at radius 2 is 2.00 bits per heavy atom. The number of aryl methyl sites for hydroxylation is 1. The summed E-state index contributed by atoms with van der Waals surface area (Å²) < 4.78 is 54.8. The van der Waals surface area contributed by atoms with E-state index in [1.165, 1.54) is 18.2 Å². The minimum atomic E-state index is -4.24. The largest absolute Gasteiger partial charge is 0.494 e. The minimum Gasteiger partial charge on any atom is -0.494 e. The topological polar surface area (TPSA) is 44.8 Å². The lowest BCUT2D eigenvalue weighted by Crippen LogP contribution is -2.28. The van der Waals surface area contributed by atoms with E-state index in [2.05, 4.69) is 0 Å². The molecule has 1 aromatic rings. The Morgan fingerprint density at radius 3 is 2.61 bits per heavy atom. The molecule has 0 saturated carbocycles. The number of thioether (sulfide) groups is 1. The smallest absolute Gasteiger partial charge is 0.395 e. The average molecular weight is 459 g/mol. The van der Waals surface area contributed by atoms with E-state index in [0.29, 0.717) is 24.7 Å². The van der Waals surface area contributed by atoms with Crippen LogP contribution >= 0.6 is 11.8 Å².